The van der Waals surface area contributed by atoms with Gasteiger partial charge in [-0.15, -0.1) is 9.03 Å². The van der Waals surface area contributed by atoms with Gasteiger partial charge in [-0.3, -0.25) is 4.52 Å². The lowest BCUT2D eigenvalue weighted by molar-refractivity contribution is 0.304. The second kappa shape index (κ2) is 14.2. The minimum atomic E-state index is -3.77. The van der Waals surface area contributed by atoms with Crippen molar-refractivity contribution in [3.63, 3.8) is 0 Å². The molecule has 1 aliphatic heterocycles. The van der Waals surface area contributed by atoms with Gasteiger partial charge in [-0.1, -0.05) is 102 Å². The normalized spacial score (nSPS) is 17.8. The van der Waals surface area contributed by atoms with Crippen LogP contribution in [0.5, 0.6) is 28.7 Å². The molecule has 0 radical (unpaired) electrons. The minimum Gasteiger partial charge on any atom is -0.422 e. The van der Waals surface area contributed by atoms with Crippen molar-refractivity contribution in [3.8, 4) is 28.7 Å². The van der Waals surface area contributed by atoms with Crippen molar-refractivity contribution < 1.29 is 27.1 Å². The first-order valence-electron chi connectivity index (χ1n) is 14.4. The van der Waals surface area contributed by atoms with E-state index in [4.69, 9.17) is 40.7 Å². The Morgan fingerprint density at radius 1 is 0.378 bits per heavy atom. The van der Waals surface area contributed by atoms with E-state index in [-0.39, 0.29) is 0 Å². The van der Waals surface area contributed by atoms with Crippen LogP contribution in [-0.4, -0.2) is 6.61 Å². The Hall–Kier alpha value is -4.25. The SMILES string of the molecule is CCCOP1(Oc2ccccc2)=NP(Oc2ccccc2)(Oc2ccccc2)=NP(Oc2ccccc2)(Oc2ccccc2)=N1. The zero-order valence-electron chi connectivity index (χ0n) is 24.5. The highest BCUT2D eigenvalue weighted by Crippen LogP contribution is 2.78. The molecule has 5 aromatic carbocycles. The molecular weight excluding hydrogens is 627 g/mol. The lowest BCUT2D eigenvalue weighted by Crippen LogP contribution is -2.10. The number of hydrogen-bond acceptors (Lipinski definition) is 9. The van der Waals surface area contributed by atoms with E-state index in [1.54, 1.807) is 0 Å². The first kappa shape index (κ1) is 30.8. The van der Waals surface area contributed by atoms with Gasteiger partial charge in [0.25, 0.3) is 0 Å². The van der Waals surface area contributed by atoms with Gasteiger partial charge in [0.05, 0.1) is 6.61 Å². The average Bonchev–Trinajstić information content (AvgIpc) is 3.06. The molecule has 0 saturated carbocycles. The molecule has 0 amide bonds. The number of nitrogens with zero attached hydrogens (tertiary/aromatic N) is 3. The fourth-order valence-corrected chi connectivity index (χ4v) is 13.3. The van der Waals surface area contributed by atoms with Crippen LogP contribution in [0, 0.1) is 0 Å². The van der Waals surface area contributed by atoms with Gasteiger partial charge in [0.2, 0.25) is 0 Å². The largest absolute Gasteiger partial charge is 0.460 e. The van der Waals surface area contributed by atoms with Crippen LogP contribution >= 0.6 is 23.0 Å². The van der Waals surface area contributed by atoms with Gasteiger partial charge in [0, 0.05) is 0 Å². The van der Waals surface area contributed by atoms with E-state index in [1.165, 1.54) is 0 Å². The lowest BCUT2D eigenvalue weighted by Gasteiger charge is -2.33. The summed E-state index contributed by atoms with van der Waals surface area (Å²) >= 11 is 0. The maximum absolute atomic E-state index is 6.68. The highest BCUT2D eigenvalue weighted by Gasteiger charge is 2.47. The summed E-state index contributed by atoms with van der Waals surface area (Å²) in [7, 11) is -11.2. The number of para-hydroxylation sites is 5. The first-order chi connectivity index (χ1) is 22.1. The molecule has 9 nitrogen and oxygen atoms in total. The molecule has 1 atom stereocenters. The summed E-state index contributed by atoms with van der Waals surface area (Å²) in [6, 6.07) is 46.3. The number of benzene rings is 5. The zero-order valence-corrected chi connectivity index (χ0v) is 27.2. The Morgan fingerprint density at radius 3 is 0.911 bits per heavy atom. The van der Waals surface area contributed by atoms with E-state index < -0.39 is 23.0 Å². The van der Waals surface area contributed by atoms with Gasteiger partial charge >= 0.3 is 23.0 Å². The number of hydrogen-bond donors (Lipinski definition) is 0. The topological polar surface area (TPSA) is 92.5 Å². The van der Waals surface area contributed by atoms with Gasteiger partial charge in [-0.25, -0.2) is 0 Å². The van der Waals surface area contributed by atoms with Crippen LogP contribution in [0.4, 0.5) is 0 Å². The third-order valence-corrected chi connectivity index (χ3v) is 14.2. The van der Waals surface area contributed by atoms with E-state index in [0.717, 1.165) is 0 Å². The fraction of sp³-hybridized carbons (Fsp3) is 0.0909. The Labute approximate surface area is 263 Å². The third kappa shape index (κ3) is 8.08. The van der Waals surface area contributed by atoms with E-state index in [1.807, 2.05) is 159 Å². The van der Waals surface area contributed by atoms with Crippen LogP contribution in [0.25, 0.3) is 0 Å². The quantitative estimate of drug-likeness (QED) is 0.117. The summed E-state index contributed by atoms with van der Waals surface area (Å²) in [5.41, 5.74) is 0. The van der Waals surface area contributed by atoms with Gasteiger partial charge in [-0.05, 0) is 67.1 Å². The molecule has 45 heavy (non-hydrogen) atoms. The summed E-state index contributed by atoms with van der Waals surface area (Å²) in [4.78, 5) is 0. The minimum absolute atomic E-state index is 0.293. The zero-order chi connectivity index (χ0) is 30.8. The van der Waals surface area contributed by atoms with Crippen LogP contribution in [-0.2, 0) is 4.52 Å². The molecule has 1 aliphatic rings. The highest BCUT2D eigenvalue weighted by molar-refractivity contribution is 7.79. The monoisotopic (exact) mass is 659 g/mol. The predicted molar refractivity (Wildman–Crippen MR) is 180 cm³/mol. The van der Waals surface area contributed by atoms with E-state index >= 15 is 0 Å². The van der Waals surface area contributed by atoms with Gasteiger partial charge in [-0.2, -0.15) is 0 Å². The highest BCUT2D eigenvalue weighted by atomic mass is 31.3. The van der Waals surface area contributed by atoms with Crippen molar-refractivity contribution in [2.24, 2.45) is 13.5 Å². The van der Waals surface area contributed by atoms with Crippen molar-refractivity contribution in [2.45, 2.75) is 13.3 Å². The van der Waals surface area contributed by atoms with E-state index in [0.29, 0.717) is 41.8 Å². The molecule has 0 saturated heterocycles. The van der Waals surface area contributed by atoms with Gasteiger partial charge in [0.1, 0.15) is 28.7 Å². The average molecular weight is 660 g/mol. The molecule has 12 heteroatoms. The summed E-state index contributed by atoms with van der Waals surface area (Å²) < 4.78 is 55.2. The maximum Gasteiger partial charge on any atom is 0.460 e. The summed E-state index contributed by atoms with van der Waals surface area (Å²) in [6.07, 6.45) is 0.678. The van der Waals surface area contributed by atoms with Crippen LogP contribution < -0.4 is 22.6 Å². The van der Waals surface area contributed by atoms with Crippen LogP contribution in [0.1, 0.15) is 13.3 Å². The van der Waals surface area contributed by atoms with Gasteiger partial charge in [0.15, 0.2) is 0 Å². The van der Waals surface area contributed by atoms with Crippen molar-refractivity contribution in [1.29, 1.82) is 0 Å². The molecule has 0 fully saturated rings. The number of rotatable bonds is 13. The van der Waals surface area contributed by atoms with Crippen molar-refractivity contribution in [2.75, 3.05) is 6.61 Å². The van der Waals surface area contributed by atoms with Crippen molar-refractivity contribution in [3.05, 3.63) is 152 Å². The summed E-state index contributed by atoms with van der Waals surface area (Å²) in [6.45, 7) is 2.29. The third-order valence-electron chi connectivity index (χ3n) is 5.98. The molecule has 0 aromatic heterocycles. The molecule has 230 valence electrons. The second-order valence-electron chi connectivity index (χ2n) is 9.59. The van der Waals surface area contributed by atoms with Crippen LogP contribution in [0.3, 0.4) is 0 Å². The van der Waals surface area contributed by atoms with E-state index in [2.05, 4.69) is 0 Å². The first-order valence-corrected chi connectivity index (χ1v) is 19.0. The van der Waals surface area contributed by atoms with Crippen LogP contribution in [0.15, 0.2) is 165 Å². The second-order valence-corrected chi connectivity index (χ2v) is 15.9. The molecular formula is C33H32N3O6P3. The molecule has 1 heterocycles. The molecule has 0 spiro atoms. The molecule has 6 rings (SSSR count). The van der Waals surface area contributed by atoms with Crippen molar-refractivity contribution >= 4 is 23.0 Å². The predicted octanol–water partition coefficient (Wildman–Crippen LogP) is 11.7. The molecule has 0 aliphatic carbocycles. The summed E-state index contributed by atoms with van der Waals surface area (Å²) in [5, 5.41) is 0. The van der Waals surface area contributed by atoms with Crippen LogP contribution in [0.2, 0.25) is 0 Å². The Bertz CT molecular complexity index is 1670. The lowest BCUT2D eigenvalue weighted by atomic mass is 10.3. The Morgan fingerprint density at radius 2 is 0.622 bits per heavy atom. The van der Waals surface area contributed by atoms with E-state index in [9.17, 15) is 0 Å². The molecule has 5 aromatic rings. The standard InChI is InChI=1S/C33H32N3O6P3/c1-2-28-37-43(38-29-18-8-3-9-19-29)34-44(39-30-20-10-4-11-21-30,40-31-22-12-5-13-23-31)36-45(35-43,41-32-24-14-6-15-25-32)42-33-26-16-7-17-27-33/h3-27H,2,28H2,1H3. The summed E-state index contributed by atoms with van der Waals surface area (Å²) in [5.74, 6) is 2.46. The Kier molecular flexibility index (Phi) is 9.73. The maximum atomic E-state index is 6.68. The fourth-order valence-electron chi connectivity index (χ4n) is 4.08. The van der Waals surface area contributed by atoms with Gasteiger partial charge < -0.3 is 22.6 Å². The molecule has 0 bridgehead atoms. The Balaban J connectivity index is 1.66. The van der Waals surface area contributed by atoms with Crippen molar-refractivity contribution in [1.82, 2.24) is 0 Å². The smallest absolute Gasteiger partial charge is 0.422 e. The molecule has 1 unspecified atom stereocenters. The molecule has 0 N–H and O–H groups in total.